The molecule has 3 aromatic carbocycles. The van der Waals surface area contributed by atoms with Gasteiger partial charge in [0.2, 0.25) is 0 Å². The van der Waals surface area contributed by atoms with Gasteiger partial charge in [0.05, 0.1) is 16.4 Å². The lowest BCUT2D eigenvalue weighted by atomic mass is 10.1. The topological polar surface area (TPSA) is 67.9 Å². The van der Waals surface area contributed by atoms with Crippen molar-refractivity contribution < 1.29 is 23.5 Å². The van der Waals surface area contributed by atoms with E-state index in [1.807, 2.05) is 6.07 Å². The van der Waals surface area contributed by atoms with Gasteiger partial charge in [0.1, 0.15) is 18.0 Å². The number of hydrogen-bond donors (Lipinski definition) is 1. The molecule has 0 unspecified atom stereocenters. The molecule has 8 heteroatoms. The molecular weight excluding hydrogens is 526 g/mol. The van der Waals surface area contributed by atoms with Crippen molar-refractivity contribution in [3.8, 4) is 11.5 Å². The number of amides is 2. The Bertz CT molecular complexity index is 1210. The highest BCUT2D eigenvalue weighted by molar-refractivity contribution is 14.1. The molecule has 0 bridgehead atoms. The van der Waals surface area contributed by atoms with Crippen LogP contribution < -0.4 is 19.9 Å². The normalized spacial score (nSPS) is 14.6. The average molecular weight is 544 g/mol. The molecule has 6 nitrogen and oxygen atoms in total. The van der Waals surface area contributed by atoms with Crippen molar-refractivity contribution in [3.05, 3.63) is 92.8 Å². The first-order valence-corrected chi connectivity index (χ1v) is 10.7. The van der Waals surface area contributed by atoms with E-state index in [1.165, 1.54) is 24.3 Å². The number of rotatable bonds is 6. The van der Waals surface area contributed by atoms with Gasteiger partial charge in [-0.2, -0.15) is 0 Å². The van der Waals surface area contributed by atoms with Crippen LogP contribution in [0.25, 0.3) is 6.08 Å². The second-order valence-corrected chi connectivity index (χ2v) is 8.05. The zero-order valence-electron chi connectivity index (χ0n) is 17.0. The number of anilines is 1. The molecule has 162 valence electrons. The van der Waals surface area contributed by atoms with Crippen molar-refractivity contribution in [1.82, 2.24) is 5.43 Å². The molecule has 2 amide bonds. The first-order chi connectivity index (χ1) is 15.5. The van der Waals surface area contributed by atoms with Gasteiger partial charge in [0, 0.05) is 5.56 Å². The molecule has 1 fully saturated rings. The van der Waals surface area contributed by atoms with Gasteiger partial charge in [-0.25, -0.2) is 9.40 Å². The number of methoxy groups -OCH3 is 1. The van der Waals surface area contributed by atoms with E-state index in [2.05, 4.69) is 28.0 Å². The summed E-state index contributed by atoms with van der Waals surface area (Å²) in [4.78, 5) is 25.2. The highest BCUT2D eigenvalue weighted by atomic mass is 127. The average Bonchev–Trinajstić information content (AvgIpc) is 3.08. The second kappa shape index (κ2) is 9.39. The molecule has 0 radical (unpaired) electrons. The Labute approximate surface area is 197 Å². The van der Waals surface area contributed by atoms with Gasteiger partial charge in [-0.1, -0.05) is 36.4 Å². The maximum absolute atomic E-state index is 13.9. The smallest absolute Gasteiger partial charge is 0.282 e. The third kappa shape index (κ3) is 4.45. The molecule has 32 heavy (non-hydrogen) atoms. The minimum absolute atomic E-state index is 0.00623. The number of hydrogen-bond acceptors (Lipinski definition) is 4. The highest BCUT2D eigenvalue weighted by Crippen LogP contribution is 2.35. The van der Waals surface area contributed by atoms with Gasteiger partial charge in [-0.05, 0) is 64.6 Å². The number of halogens is 2. The third-order valence-corrected chi connectivity index (χ3v) is 5.60. The van der Waals surface area contributed by atoms with E-state index >= 15 is 0 Å². The Morgan fingerprint density at radius 1 is 1.06 bits per heavy atom. The maximum atomic E-state index is 13.9. The number of hydrazine groups is 1. The summed E-state index contributed by atoms with van der Waals surface area (Å²) in [6, 6.07) is 18.7. The van der Waals surface area contributed by atoms with Crippen molar-refractivity contribution >= 4 is 46.2 Å². The summed E-state index contributed by atoms with van der Waals surface area (Å²) in [5.74, 6) is -0.434. The van der Waals surface area contributed by atoms with E-state index in [4.69, 9.17) is 9.47 Å². The summed E-state index contributed by atoms with van der Waals surface area (Å²) in [5.41, 5.74) is 4.16. The standard InChI is InChI=1S/C24H18FIN2O4/c1-31-21-13-15(12-20(26)22(21)32-14-16-7-5-6-10-19(16)25)11-18-23(29)27-28(24(18)30)17-8-3-2-4-9-17/h2-13H,14H2,1H3,(H,27,29)/b18-11+. The Morgan fingerprint density at radius 3 is 2.50 bits per heavy atom. The van der Waals surface area contributed by atoms with E-state index in [0.29, 0.717) is 31.9 Å². The molecule has 0 saturated carbocycles. The summed E-state index contributed by atoms with van der Waals surface area (Å²) >= 11 is 2.07. The Hall–Kier alpha value is -3.40. The predicted octanol–water partition coefficient (Wildman–Crippen LogP) is 4.48. The molecule has 4 rings (SSSR count). The molecule has 1 saturated heterocycles. The predicted molar refractivity (Wildman–Crippen MR) is 126 cm³/mol. The quantitative estimate of drug-likeness (QED) is 0.283. The molecule has 0 aliphatic carbocycles. The number of ether oxygens (including phenoxy) is 2. The minimum Gasteiger partial charge on any atom is -0.493 e. The highest BCUT2D eigenvalue weighted by Gasteiger charge is 2.34. The molecule has 3 aromatic rings. The van der Waals surface area contributed by atoms with Crippen LogP contribution >= 0.6 is 22.6 Å². The summed E-state index contributed by atoms with van der Waals surface area (Å²) in [5, 5.41) is 1.21. The Morgan fingerprint density at radius 2 is 1.78 bits per heavy atom. The largest absolute Gasteiger partial charge is 0.493 e. The van der Waals surface area contributed by atoms with E-state index in [0.717, 1.165) is 0 Å². The molecule has 1 N–H and O–H groups in total. The molecule has 0 atom stereocenters. The van der Waals surface area contributed by atoms with Crippen molar-refractivity contribution in [2.45, 2.75) is 6.61 Å². The molecule has 1 aliphatic heterocycles. The van der Waals surface area contributed by atoms with Crippen LogP contribution in [0, 0.1) is 9.39 Å². The summed E-state index contributed by atoms with van der Waals surface area (Å²) in [6.07, 6.45) is 1.51. The number of nitrogens with one attached hydrogen (secondary N) is 1. The number of carbonyl (C=O) groups is 2. The zero-order valence-corrected chi connectivity index (χ0v) is 19.1. The Kier molecular flexibility index (Phi) is 6.40. The lowest BCUT2D eigenvalue weighted by molar-refractivity contribution is -0.117. The summed E-state index contributed by atoms with van der Waals surface area (Å²) in [6.45, 7) is 0.0341. The van der Waals surface area contributed by atoms with Gasteiger partial charge in [0.15, 0.2) is 11.5 Å². The van der Waals surface area contributed by atoms with Gasteiger partial charge < -0.3 is 9.47 Å². The van der Waals surface area contributed by atoms with Crippen molar-refractivity contribution in [2.75, 3.05) is 12.1 Å². The van der Waals surface area contributed by atoms with Gasteiger partial charge >= 0.3 is 0 Å². The monoisotopic (exact) mass is 544 g/mol. The lowest BCUT2D eigenvalue weighted by Gasteiger charge is -2.14. The molecule has 0 spiro atoms. The fourth-order valence-corrected chi connectivity index (χ4v) is 3.99. The SMILES string of the molecule is COc1cc(/C=C2\C(=O)NN(c3ccccc3)C2=O)cc(I)c1OCc1ccccc1F. The Balaban J connectivity index is 1.60. The first kappa shape index (κ1) is 21.8. The van der Waals surface area contributed by atoms with Gasteiger partial charge in [-0.15, -0.1) is 0 Å². The number of para-hydroxylation sites is 1. The van der Waals surface area contributed by atoms with Crippen LogP contribution in [0.4, 0.5) is 10.1 Å². The van der Waals surface area contributed by atoms with E-state index in [9.17, 15) is 14.0 Å². The van der Waals surface area contributed by atoms with Crippen LogP contribution in [0.1, 0.15) is 11.1 Å². The lowest BCUT2D eigenvalue weighted by Crippen LogP contribution is -2.35. The summed E-state index contributed by atoms with van der Waals surface area (Å²) < 4.78 is 25.9. The van der Waals surface area contributed by atoms with E-state index < -0.39 is 11.8 Å². The van der Waals surface area contributed by atoms with Gasteiger partial charge in [-0.3, -0.25) is 15.0 Å². The number of carbonyl (C=O) groups excluding carboxylic acids is 2. The summed E-state index contributed by atoms with van der Waals surface area (Å²) in [7, 11) is 1.49. The van der Waals surface area contributed by atoms with Crippen LogP contribution in [0.15, 0.2) is 72.3 Å². The minimum atomic E-state index is -0.493. The van der Waals surface area contributed by atoms with Crippen molar-refractivity contribution in [1.29, 1.82) is 0 Å². The maximum Gasteiger partial charge on any atom is 0.282 e. The van der Waals surface area contributed by atoms with Crippen LogP contribution in [-0.2, 0) is 16.2 Å². The van der Waals surface area contributed by atoms with Crippen LogP contribution in [0.2, 0.25) is 0 Å². The van der Waals surface area contributed by atoms with E-state index in [1.54, 1.807) is 54.6 Å². The molecule has 1 aliphatic rings. The molecule has 1 heterocycles. The van der Waals surface area contributed by atoms with Crippen molar-refractivity contribution in [2.24, 2.45) is 0 Å². The number of nitrogens with zero attached hydrogens (tertiary/aromatic N) is 1. The number of benzene rings is 3. The fourth-order valence-electron chi connectivity index (χ4n) is 3.21. The van der Waals surface area contributed by atoms with Crippen LogP contribution in [0.5, 0.6) is 11.5 Å². The first-order valence-electron chi connectivity index (χ1n) is 9.64. The van der Waals surface area contributed by atoms with Crippen LogP contribution in [-0.4, -0.2) is 18.9 Å². The van der Waals surface area contributed by atoms with Crippen molar-refractivity contribution in [3.63, 3.8) is 0 Å². The second-order valence-electron chi connectivity index (χ2n) is 6.89. The van der Waals surface area contributed by atoms with Crippen LogP contribution in [0.3, 0.4) is 0 Å². The van der Waals surface area contributed by atoms with E-state index in [-0.39, 0.29) is 18.0 Å². The zero-order chi connectivity index (χ0) is 22.7. The third-order valence-electron chi connectivity index (χ3n) is 4.80. The fraction of sp³-hybridized carbons (Fsp3) is 0.0833. The molecule has 0 aromatic heterocycles. The molecular formula is C24H18FIN2O4. The van der Waals surface area contributed by atoms with Gasteiger partial charge in [0.25, 0.3) is 11.8 Å².